The molecule has 1 aliphatic rings. The Morgan fingerprint density at radius 2 is 2.08 bits per heavy atom. The molecule has 1 saturated heterocycles. The van der Waals surface area contributed by atoms with Gasteiger partial charge in [-0.25, -0.2) is 4.98 Å². The van der Waals surface area contributed by atoms with Crippen molar-refractivity contribution in [1.82, 2.24) is 19.9 Å². The number of oxazole rings is 1. The summed E-state index contributed by atoms with van der Waals surface area (Å²) >= 11 is 6.12. The molecule has 2 aromatic heterocycles. The van der Waals surface area contributed by atoms with E-state index in [0.717, 1.165) is 67.1 Å². The van der Waals surface area contributed by atoms with Crippen molar-refractivity contribution in [1.29, 1.82) is 0 Å². The molecule has 0 saturated carbocycles. The molecule has 3 aromatic rings. The van der Waals surface area contributed by atoms with E-state index < -0.39 is 0 Å². The van der Waals surface area contributed by atoms with Crippen molar-refractivity contribution in [3.05, 3.63) is 46.8 Å². The minimum absolute atomic E-state index is 0.538. The van der Waals surface area contributed by atoms with E-state index in [4.69, 9.17) is 20.5 Å². The Morgan fingerprint density at radius 3 is 2.81 bits per heavy atom. The highest BCUT2D eigenvalue weighted by atomic mass is 35.5. The summed E-state index contributed by atoms with van der Waals surface area (Å²) in [4.78, 5) is 9.12. The lowest BCUT2D eigenvalue weighted by molar-refractivity contribution is 0.117. The molecule has 1 aliphatic heterocycles. The van der Waals surface area contributed by atoms with E-state index in [9.17, 15) is 0 Å². The van der Waals surface area contributed by atoms with Crippen LogP contribution in [0.25, 0.3) is 11.0 Å². The van der Waals surface area contributed by atoms with Gasteiger partial charge < -0.3 is 8.94 Å². The number of hydrogen-bond acceptors (Lipinski definition) is 6. The van der Waals surface area contributed by atoms with Gasteiger partial charge in [0.25, 0.3) is 0 Å². The molecular formula is C19H23ClN4O2. The number of nitrogens with zero attached hydrogens (tertiary/aromatic N) is 4. The molecule has 0 aliphatic carbocycles. The maximum absolute atomic E-state index is 6.12. The van der Waals surface area contributed by atoms with Crippen molar-refractivity contribution < 1.29 is 8.94 Å². The monoisotopic (exact) mass is 374 g/mol. The first-order valence-corrected chi connectivity index (χ1v) is 9.33. The van der Waals surface area contributed by atoms with Crippen LogP contribution in [0.2, 0.25) is 5.02 Å². The highest BCUT2D eigenvalue weighted by Gasteiger charge is 2.24. The fourth-order valence-corrected chi connectivity index (χ4v) is 3.82. The third kappa shape index (κ3) is 3.63. The van der Waals surface area contributed by atoms with Crippen molar-refractivity contribution in [3.8, 4) is 0 Å². The molecule has 0 amide bonds. The summed E-state index contributed by atoms with van der Waals surface area (Å²) in [6.07, 6.45) is 3.79. The normalized spacial score (nSPS) is 16.8. The number of halogens is 1. The summed E-state index contributed by atoms with van der Waals surface area (Å²) in [5.74, 6) is 0.917. The van der Waals surface area contributed by atoms with Crippen LogP contribution in [0, 0.1) is 6.92 Å². The van der Waals surface area contributed by atoms with E-state index in [-0.39, 0.29) is 0 Å². The van der Waals surface area contributed by atoms with Gasteiger partial charge in [0.05, 0.1) is 5.69 Å². The molecule has 1 aromatic carbocycles. The smallest absolute Gasteiger partial charge is 0.181 e. The van der Waals surface area contributed by atoms with Gasteiger partial charge in [0.1, 0.15) is 11.5 Å². The zero-order chi connectivity index (χ0) is 18.1. The van der Waals surface area contributed by atoms with Gasteiger partial charge in [-0.15, -0.1) is 0 Å². The van der Waals surface area contributed by atoms with Gasteiger partial charge in [-0.2, -0.15) is 0 Å². The first kappa shape index (κ1) is 17.5. The molecule has 7 heteroatoms. The lowest BCUT2D eigenvalue weighted by Gasteiger charge is -2.36. The van der Waals surface area contributed by atoms with Crippen LogP contribution in [0.3, 0.4) is 0 Å². The molecule has 0 unspecified atom stereocenters. The second-order valence-electron chi connectivity index (χ2n) is 7.05. The van der Waals surface area contributed by atoms with Gasteiger partial charge in [-0.1, -0.05) is 16.8 Å². The molecule has 1 fully saturated rings. The number of aryl methyl sites for hydroxylation is 1. The Kier molecular flexibility index (Phi) is 4.98. The summed E-state index contributed by atoms with van der Waals surface area (Å²) < 4.78 is 10.7. The molecule has 0 bridgehead atoms. The standard InChI is InChI=1S/C19H23ClN4O2/c1-13-17(21-12-25-13)11-24-7-5-15(6-8-24)23(2)10-18-16-9-14(20)3-4-19(16)26-22-18/h3-4,9,12,15H,5-8,10-11H2,1-2H3. The molecule has 0 radical (unpaired) electrons. The van der Waals surface area contributed by atoms with Gasteiger partial charge in [0.15, 0.2) is 12.0 Å². The van der Waals surface area contributed by atoms with E-state index in [1.165, 1.54) is 6.39 Å². The number of fused-ring (bicyclic) bond motifs is 1. The van der Waals surface area contributed by atoms with Gasteiger partial charge in [0.2, 0.25) is 0 Å². The van der Waals surface area contributed by atoms with Crippen molar-refractivity contribution in [2.24, 2.45) is 0 Å². The largest absolute Gasteiger partial charge is 0.448 e. The molecule has 4 rings (SSSR count). The van der Waals surface area contributed by atoms with Gasteiger partial charge in [-0.3, -0.25) is 9.80 Å². The summed E-state index contributed by atoms with van der Waals surface area (Å²) in [5, 5.41) is 5.95. The van der Waals surface area contributed by atoms with Crippen LogP contribution in [0.4, 0.5) is 0 Å². The summed E-state index contributed by atoms with van der Waals surface area (Å²) in [6.45, 7) is 5.72. The first-order valence-electron chi connectivity index (χ1n) is 8.95. The number of likely N-dealkylation sites (tertiary alicyclic amines) is 1. The zero-order valence-corrected chi connectivity index (χ0v) is 15.9. The second-order valence-corrected chi connectivity index (χ2v) is 7.48. The van der Waals surface area contributed by atoms with Crippen LogP contribution in [-0.4, -0.2) is 46.1 Å². The van der Waals surface area contributed by atoms with Crippen molar-refractivity contribution in [2.45, 2.75) is 38.9 Å². The number of hydrogen-bond donors (Lipinski definition) is 0. The molecule has 0 spiro atoms. The van der Waals surface area contributed by atoms with E-state index in [2.05, 4.69) is 27.0 Å². The SMILES string of the molecule is Cc1ocnc1CN1CCC(N(C)Cc2noc3ccc(Cl)cc23)CC1. The van der Waals surface area contributed by atoms with Crippen molar-refractivity contribution in [3.63, 3.8) is 0 Å². The molecule has 26 heavy (non-hydrogen) atoms. The molecule has 0 atom stereocenters. The highest BCUT2D eigenvalue weighted by Crippen LogP contribution is 2.25. The number of benzene rings is 1. The Balaban J connectivity index is 1.35. The number of rotatable bonds is 5. The van der Waals surface area contributed by atoms with Gasteiger partial charge >= 0.3 is 0 Å². The minimum Gasteiger partial charge on any atom is -0.448 e. The number of aromatic nitrogens is 2. The van der Waals surface area contributed by atoms with E-state index >= 15 is 0 Å². The fourth-order valence-electron chi connectivity index (χ4n) is 3.65. The lowest BCUT2D eigenvalue weighted by atomic mass is 10.0. The third-order valence-electron chi connectivity index (χ3n) is 5.30. The average molecular weight is 375 g/mol. The van der Waals surface area contributed by atoms with Gasteiger partial charge in [-0.05, 0) is 45.0 Å². The predicted molar refractivity (Wildman–Crippen MR) is 100 cm³/mol. The second kappa shape index (κ2) is 7.39. The quantitative estimate of drug-likeness (QED) is 0.675. The predicted octanol–water partition coefficient (Wildman–Crippen LogP) is 3.87. The Bertz CT molecular complexity index is 883. The summed E-state index contributed by atoms with van der Waals surface area (Å²) in [7, 11) is 2.16. The molecule has 138 valence electrons. The molecule has 0 N–H and O–H groups in total. The Morgan fingerprint density at radius 1 is 1.27 bits per heavy atom. The van der Waals surface area contributed by atoms with E-state index in [1.54, 1.807) is 0 Å². The molecule has 6 nitrogen and oxygen atoms in total. The van der Waals surface area contributed by atoms with Crippen LogP contribution in [0.5, 0.6) is 0 Å². The third-order valence-corrected chi connectivity index (χ3v) is 5.54. The van der Waals surface area contributed by atoms with Gasteiger partial charge in [0, 0.05) is 42.6 Å². The maximum atomic E-state index is 6.12. The average Bonchev–Trinajstić information content (AvgIpc) is 3.22. The zero-order valence-electron chi connectivity index (χ0n) is 15.1. The van der Waals surface area contributed by atoms with Crippen LogP contribution in [0.1, 0.15) is 30.0 Å². The Labute approximate surface area is 157 Å². The topological polar surface area (TPSA) is 58.5 Å². The maximum Gasteiger partial charge on any atom is 0.181 e. The van der Waals surface area contributed by atoms with Crippen molar-refractivity contribution in [2.75, 3.05) is 20.1 Å². The molecular weight excluding hydrogens is 352 g/mol. The minimum atomic E-state index is 0.538. The van der Waals surface area contributed by atoms with Crippen LogP contribution >= 0.6 is 11.6 Å². The molecule has 3 heterocycles. The van der Waals surface area contributed by atoms with Crippen LogP contribution < -0.4 is 0 Å². The lowest BCUT2D eigenvalue weighted by Crippen LogP contribution is -2.42. The summed E-state index contributed by atoms with van der Waals surface area (Å²) in [6, 6.07) is 6.17. The van der Waals surface area contributed by atoms with Crippen LogP contribution in [0.15, 0.2) is 33.5 Å². The number of piperidine rings is 1. The summed E-state index contributed by atoms with van der Waals surface area (Å²) in [5.41, 5.74) is 2.78. The Hall–Kier alpha value is -1.89. The highest BCUT2D eigenvalue weighted by molar-refractivity contribution is 6.31. The van der Waals surface area contributed by atoms with E-state index in [1.807, 2.05) is 25.1 Å². The van der Waals surface area contributed by atoms with Crippen LogP contribution in [-0.2, 0) is 13.1 Å². The van der Waals surface area contributed by atoms with E-state index in [0.29, 0.717) is 11.1 Å². The first-order chi connectivity index (χ1) is 12.6. The van der Waals surface area contributed by atoms with Crippen molar-refractivity contribution >= 4 is 22.6 Å². The fraction of sp³-hybridized carbons (Fsp3) is 0.474.